The fraction of sp³-hybridized carbons (Fsp3) is 0.292. The molecule has 1 fully saturated rings. The molecule has 3 aromatic carbocycles. The van der Waals surface area contributed by atoms with Gasteiger partial charge in [-0.15, -0.1) is 0 Å². The summed E-state index contributed by atoms with van der Waals surface area (Å²) in [6.07, 6.45) is 3.49. The maximum absolute atomic E-state index is 14.6. The lowest BCUT2D eigenvalue weighted by Gasteiger charge is -2.18. The fourth-order valence-electron chi connectivity index (χ4n) is 3.78. The van der Waals surface area contributed by atoms with E-state index in [0.717, 1.165) is 23.1 Å². The second-order valence-electron chi connectivity index (χ2n) is 8.35. The van der Waals surface area contributed by atoms with Crippen molar-refractivity contribution in [3.8, 4) is 0 Å². The van der Waals surface area contributed by atoms with E-state index in [1.165, 1.54) is 18.4 Å². The molecule has 0 saturated heterocycles. The Balaban J connectivity index is 1.52. The van der Waals surface area contributed by atoms with Crippen LogP contribution >= 0.6 is 0 Å². The van der Waals surface area contributed by atoms with Gasteiger partial charge in [0, 0.05) is 11.1 Å². The number of amides is 1. The van der Waals surface area contributed by atoms with Crippen LogP contribution in [0.2, 0.25) is 0 Å². The number of hydrogen-bond donors (Lipinski definition) is 2. The molecule has 7 heteroatoms. The highest BCUT2D eigenvalue weighted by Crippen LogP contribution is 2.40. The molecule has 0 spiro atoms. The lowest BCUT2D eigenvalue weighted by Crippen LogP contribution is -2.27. The number of sulfonamides is 1. The standard InChI is InChI=1S/C24H25FN2O3S/c1-14-10-21(22(25)13-23(14)27-31(3,29)30)15(2)26-24(28)20-9-8-18-11-17(16-4-5-16)6-7-19(18)12-20/h6-13,15-16,27H,4-5H2,1-3H3,(H,26,28)/t15-/m1/s1. The Morgan fingerprint density at radius 1 is 1.06 bits per heavy atom. The normalized spacial score (nSPS) is 15.0. The van der Waals surface area contributed by atoms with Gasteiger partial charge in [-0.3, -0.25) is 9.52 Å². The monoisotopic (exact) mass is 440 g/mol. The fourth-order valence-corrected chi connectivity index (χ4v) is 4.40. The second kappa shape index (κ2) is 7.96. The first-order valence-electron chi connectivity index (χ1n) is 10.2. The third kappa shape index (κ3) is 4.88. The molecule has 0 radical (unpaired) electrons. The van der Waals surface area contributed by atoms with Gasteiger partial charge in [0.1, 0.15) is 5.82 Å². The van der Waals surface area contributed by atoms with Crippen molar-refractivity contribution < 1.29 is 17.6 Å². The van der Waals surface area contributed by atoms with Gasteiger partial charge in [0.25, 0.3) is 5.91 Å². The van der Waals surface area contributed by atoms with Crippen LogP contribution in [0.15, 0.2) is 48.5 Å². The van der Waals surface area contributed by atoms with Gasteiger partial charge >= 0.3 is 0 Å². The first-order valence-corrected chi connectivity index (χ1v) is 12.1. The van der Waals surface area contributed by atoms with E-state index >= 15 is 0 Å². The largest absolute Gasteiger partial charge is 0.345 e. The minimum atomic E-state index is -3.51. The minimum Gasteiger partial charge on any atom is -0.345 e. The molecular formula is C24H25FN2O3S. The van der Waals surface area contributed by atoms with Gasteiger partial charge in [0.05, 0.1) is 18.0 Å². The van der Waals surface area contributed by atoms with Gasteiger partial charge in [-0.05, 0) is 78.8 Å². The number of hydrogen-bond acceptors (Lipinski definition) is 3. The highest BCUT2D eigenvalue weighted by molar-refractivity contribution is 7.92. The van der Waals surface area contributed by atoms with Gasteiger partial charge in [-0.25, -0.2) is 12.8 Å². The van der Waals surface area contributed by atoms with Crippen LogP contribution in [0.1, 0.15) is 58.8 Å². The number of carbonyl (C=O) groups is 1. The first kappa shape index (κ1) is 21.3. The lowest BCUT2D eigenvalue weighted by atomic mass is 10.0. The summed E-state index contributed by atoms with van der Waals surface area (Å²) in [6, 6.07) is 14.0. The zero-order valence-corrected chi connectivity index (χ0v) is 18.5. The first-order chi connectivity index (χ1) is 14.6. The molecule has 162 valence electrons. The van der Waals surface area contributed by atoms with Crippen LogP contribution in [0, 0.1) is 12.7 Å². The molecule has 1 atom stereocenters. The number of halogens is 1. The van der Waals surface area contributed by atoms with E-state index in [2.05, 4.69) is 22.2 Å². The predicted octanol–water partition coefficient (Wildman–Crippen LogP) is 5.03. The van der Waals surface area contributed by atoms with E-state index in [4.69, 9.17) is 0 Å². The number of nitrogens with one attached hydrogen (secondary N) is 2. The summed E-state index contributed by atoms with van der Waals surface area (Å²) in [5, 5.41) is 4.93. The molecule has 1 saturated carbocycles. The van der Waals surface area contributed by atoms with Crippen molar-refractivity contribution in [1.29, 1.82) is 0 Å². The maximum atomic E-state index is 14.6. The van der Waals surface area contributed by atoms with E-state index in [0.29, 0.717) is 22.6 Å². The third-order valence-electron chi connectivity index (χ3n) is 5.63. The molecule has 5 nitrogen and oxygen atoms in total. The predicted molar refractivity (Wildman–Crippen MR) is 121 cm³/mol. The van der Waals surface area contributed by atoms with Crippen molar-refractivity contribution in [3.63, 3.8) is 0 Å². The van der Waals surface area contributed by atoms with Crippen molar-refractivity contribution in [2.24, 2.45) is 0 Å². The van der Waals surface area contributed by atoms with Crippen molar-refractivity contribution in [2.75, 3.05) is 11.0 Å². The molecule has 1 amide bonds. The van der Waals surface area contributed by atoms with Crippen LogP contribution in [-0.2, 0) is 10.0 Å². The molecule has 0 unspecified atom stereocenters. The molecule has 0 aromatic heterocycles. The van der Waals surface area contributed by atoms with Crippen LogP contribution in [0.3, 0.4) is 0 Å². The average molecular weight is 441 g/mol. The van der Waals surface area contributed by atoms with Crippen molar-refractivity contribution in [3.05, 3.63) is 76.6 Å². The van der Waals surface area contributed by atoms with E-state index < -0.39 is 21.9 Å². The van der Waals surface area contributed by atoms with Crippen molar-refractivity contribution in [2.45, 2.75) is 38.6 Å². The molecule has 0 bridgehead atoms. The Labute approximate surface area is 181 Å². The van der Waals surface area contributed by atoms with Crippen molar-refractivity contribution in [1.82, 2.24) is 5.32 Å². The van der Waals surface area contributed by atoms with Crippen LogP contribution in [0.5, 0.6) is 0 Å². The second-order valence-corrected chi connectivity index (χ2v) is 10.1. The zero-order valence-electron chi connectivity index (χ0n) is 17.7. The van der Waals surface area contributed by atoms with Crippen LogP contribution < -0.4 is 10.0 Å². The SMILES string of the molecule is Cc1cc([C@@H](C)NC(=O)c2ccc3cc(C4CC4)ccc3c2)c(F)cc1NS(C)(=O)=O. The van der Waals surface area contributed by atoms with E-state index in [1.807, 2.05) is 18.2 Å². The minimum absolute atomic E-state index is 0.183. The molecular weight excluding hydrogens is 415 g/mol. The number of benzene rings is 3. The Morgan fingerprint density at radius 2 is 1.74 bits per heavy atom. The molecule has 3 aromatic rings. The molecule has 0 aliphatic heterocycles. The lowest BCUT2D eigenvalue weighted by molar-refractivity contribution is 0.0939. The van der Waals surface area contributed by atoms with Crippen LogP contribution in [-0.4, -0.2) is 20.6 Å². The highest BCUT2D eigenvalue weighted by atomic mass is 32.2. The molecule has 1 aliphatic rings. The van der Waals surface area contributed by atoms with Gasteiger partial charge in [0.2, 0.25) is 10.0 Å². The number of carbonyl (C=O) groups excluding carboxylic acids is 1. The Bertz CT molecular complexity index is 1280. The topological polar surface area (TPSA) is 75.3 Å². The van der Waals surface area contributed by atoms with Crippen LogP contribution in [0.4, 0.5) is 10.1 Å². The van der Waals surface area contributed by atoms with E-state index in [9.17, 15) is 17.6 Å². The van der Waals surface area contributed by atoms with E-state index in [-0.39, 0.29) is 11.6 Å². The number of fused-ring (bicyclic) bond motifs is 1. The highest BCUT2D eigenvalue weighted by Gasteiger charge is 2.23. The average Bonchev–Trinajstić information content (AvgIpc) is 3.53. The Kier molecular flexibility index (Phi) is 5.47. The summed E-state index contributed by atoms with van der Waals surface area (Å²) in [6.45, 7) is 3.38. The smallest absolute Gasteiger partial charge is 0.251 e. The van der Waals surface area contributed by atoms with Gasteiger partial charge in [0.15, 0.2) is 0 Å². The summed E-state index contributed by atoms with van der Waals surface area (Å²) in [4.78, 5) is 12.8. The summed E-state index contributed by atoms with van der Waals surface area (Å²) in [7, 11) is -3.51. The Hall–Kier alpha value is -2.93. The summed E-state index contributed by atoms with van der Waals surface area (Å²) >= 11 is 0. The van der Waals surface area contributed by atoms with Crippen molar-refractivity contribution >= 4 is 32.4 Å². The third-order valence-corrected chi connectivity index (χ3v) is 6.22. The number of anilines is 1. The van der Waals surface area contributed by atoms with Crippen LogP contribution in [0.25, 0.3) is 10.8 Å². The molecule has 4 rings (SSSR count). The molecule has 31 heavy (non-hydrogen) atoms. The zero-order chi connectivity index (χ0) is 22.3. The van der Waals surface area contributed by atoms with E-state index in [1.54, 1.807) is 26.0 Å². The molecule has 1 aliphatic carbocycles. The number of aryl methyl sites for hydroxylation is 1. The molecule has 2 N–H and O–H groups in total. The van der Waals surface area contributed by atoms with Gasteiger partial charge in [-0.2, -0.15) is 0 Å². The maximum Gasteiger partial charge on any atom is 0.251 e. The summed E-state index contributed by atoms with van der Waals surface area (Å²) < 4.78 is 39.8. The number of rotatable bonds is 6. The molecule has 0 heterocycles. The summed E-state index contributed by atoms with van der Waals surface area (Å²) in [5.74, 6) is -0.211. The quantitative estimate of drug-likeness (QED) is 0.565. The van der Waals surface area contributed by atoms with Gasteiger partial charge < -0.3 is 5.32 Å². The van der Waals surface area contributed by atoms with Gasteiger partial charge in [-0.1, -0.05) is 24.3 Å². The summed E-state index contributed by atoms with van der Waals surface area (Å²) in [5.41, 5.74) is 2.89. The Morgan fingerprint density at radius 3 is 2.42 bits per heavy atom.